The van der Waals surface area contributed by atoms with Gasteiger partial charge in [-0.05, 0) is 38.1 Å². The molecule has 0 bridgehead atoms. The van der Waals surface area contributed by atoms with Crippen molar-refractivity contribution in [3.63, 3.8) is 0 Å². The molecular formula is C19H19N3O. The fourth-order valence-electron chi connectivity index (χ4n) is 2.55. The van der Waals surface area contributed by atoms with E-state index in [0.29, 0.717) is 0 Å². The van der Waals surface area contributed by atoms with Crippen LogP contribution in [0.15, 0.2) is 59.6 Å². The fourth-order valence-corrected chi connectivity index (χ4v) is 2.55. The summed E-state index contributed by atoms with van der Waals surface area (Å²) >= 11 is 0. The van der Waals surface area contributed by atoms with Gasteiger partial charge in [0.25, 0.3) is 0 Å². The first-order chi connectivity index (χ1) is 11.2. The summed E-state index contributed by atoms with van der Waals surface area (Å²) in [4.78, 5) is 4.64. The van der Waals surface area contributed by atoms with Gasteiger partial charge in [-0.25, -0.2) is 4.68 Å². The molecule has 0 aliphatic carbocycles. The lowest BCUT2D eigenvalue weighted by Gasteiger charge is -2.04. The highest BCUT2D eigenvalue weighted by atomic mass is 16.5. The lowest BCUT2D eigenvalue weighted by atomic mass is 10.2. The largest absolute Gasteiger partial charge is 0.496 e. The maximum absolute atomic E-state index is 5.36. The summed E-state index contributed by atoms with van der Waals surface area (Å²) in [6.45, 7) is 4.00. The van der Waals surface area contributed by atoms with E-state index < -0.39 is 0 Å². The molecule has 116 valence electrons. The second kappa shape index (κ2) is 6.48. The number of nitrogens with zero attached hydrogens (tertiary/aromatic N) is 3. The van der Waals surface area contributed by atoms with Crippen LogP contribution in [0.4, 0.5) is 5.69 Å². The van der Waals surface area contributed by atoms with E-state index in [9.17, 15) is 0 Å². The average molecular weight is 305 g/mol. The topological polar surface area (TPSA) is 39.4 Å². The van der Waals surface area contributed by atoms with Crippen LogP contribution in [-0.2, 0) is 0 Å². The van der Waals surface area contributed by atoms with E-state index >= 15 is 0 Å². The Balaban J connectivity index is 1.98. The van der Waals surface area contributed by atoms with Gasteiger partial charge in [0.05, 0.1) is 24.2 Å². The van der Waals surface area contributed by atoms with Crippen LogP contribution in [0, 0.1) is 13.8 Å². The van der Waals surface area contributed by atoms with Crippen molar-refractivity contribution >= 4 is 11.9 Å². The first kappa shape index (κ1) is 15.0. The summed E-state index contributed by atoms with van der Waals surface area (Å²) in [7, 11) is 1.66. The number of hydrogen-bond acceptors (Lipinski definition) is 3. The summed E-state index contributed by atoms with van der Waals surface area (Å²) in [5, 5.41) is 4.61. The van der Waals surface area contributed by atoms with Crippen molar-refractivity contribution in [3.05, 3.63) is 71.5 Å². The maximum Gasteiger partial charge on any atom is 0.127 e. The van der Waals surface area contributed by atoms with Gasteiger partial charge in [-0.1, -0.05) is 30.3 Å². The third-order valence-electron chi connectivity index (χ3n) is 3.73. The summed E-state index contributed by atoms with van der Waals surface area (Å²) in [6, 6.07) is 17.9. The number of methoxy groups -OCH3 is 1. The molecule has 0 saturated heterocycles. The Hall–Kier alpha value is -2.88. The third kappa shape index (κ3) is 3.01. The van der Waals surface area contributed by atoms with Crippen molar-refractivity contribution in [1.29, 1.82) is 0 Å². The Bertz CT molecular complexity index is 835. The van der Waals surface area contributed by atoms with E-state index in [0.717, 1.165) is 34.1 Å². The normalized spacial score (nSPS) is 11.1. The van der Waals surface area contributed by atoms with Crippen LogP contribution in [-0.4, -0.2) is 23.1 Å². The van der Waals surface area contributed by atoms with Crippen LogP contribution >= 0.6 is 0 Å². The van der Waals surface area contributed by atoms with Crippen molar-refractivity contribution in [2.75, 3.05) is 7.11 Å². The number of aromatic nitrogens is 2. The lowest BCUT2D eigenvalue weighted by molar-refractivity contribution is 0.414. The molecule has 4 heteroatoms. The number of aryl methyl sites for hydroxylation is 1. The Labute approximate surface area is 136 Å². The molecule has 1 heterocycles. The maximum atomic E-state index is 5.36. The monoisotopic (exact) mass is 305 g/mol. The summed E-state index contributed by atoms with van der Waals surface area (Å²) in [5.41, 5.74) is 4.78. The molecule has 23 heavy (non-hydrogen) atoms. The molecule has 0 saturated carbocycles. The van der Waals surface area contributed by atoms with E-state index in [4.69, 9.17) is 4.74 Å². The number of para-hydroxylation sites is 2. The Morgan fingerprint density at radius 2 is 1.70 bits per heavy atom. The van der Waals surface area contributed by atoms with E-state index in [2.05, 4.69) is 10.1 Å². The summed E-state index contributed by atoms with van der Waals surface area (Å²) < 4.78 is 7.28. The SMILES string of the molecule is COc1ccccc1C=Nc1c(C)nn(-c2ccccc2)c1C. The van der Waals surface area contributed by atoms with Crippen LogP contribution < -0.4 is 4.74 Å². The standard InChI is InChI=1S/C19H19N3O/c1-14-19(20-13-16-9-7-8-12-18(16)23-3)15(2)22(21-14)17-10-5-4-6-11-17/h4-13H,1-3H3. The number of hydrogen-bond donors (Lipinski definition) is 0. The highest BCUT2D eigenvalue weighted by Gasteiger charge is 2.11. The van der Waals surface area contributed by atoms with Gasteiger partial charge in [0.15, 0.2) is 0 Å². The van der Waals surface area contributed by atoms with Gasteiger partial charge in [-0.2, -0.15) is 5.10 Å². The van der Waals surface area contributed by atoms with Crippen molar-refractivity contribution in [1.82, 2.24) is 9.78 Å². The molecule has 4 nitrogen and oxygen atoms in total. The van der Waals surface area contributed by atoms with Gasteiger partial charge in [0.2, 0.25) is 0 Å². The Kier molecular flexibility index (Phi) is 4.24. The highest BCUT2D eigenvalue weighted by molar-refractivity contribution is 5.85. The molecule has 0 amide bonds. The lowest BCUT2D eigenvalue weighted by Crippen LogP contribution is -1.98. The van der Waals surface area contributed by atoms with E-state index in [1.807, 2.05) is 79.3 Å². The first-order valence-corrected chi connectivity index (χ1v) is 7.49. The molecule has 2 aromatic carbocycles. The molecule has 0 aliphatic heterocycles. The van der Waals surface area contributed by atoms with Gasteiger partial charge in [0.1, 0.15) is 11.4 Å². The predicted molar refractivity (Wildman–Crippen MR) is 93.3 cm³/mol. The van der Waals surface area contributed by atoms with Gasteiger partial charge in [0, 0.05) is 11.8 Å². The smallest absolute Gasteiger partial charge is 0.127 e. The highest BCUT2D eigenvalue weighted by Crippen LogP contribution is 2.26. The number of aliphatic imine (C=N–C) groups is 1. The van der Waals surface area contributed by atoms with Crippen LogP contribution in [0.2, 0.25) is 0 Å². The Morgan fingerprint density at radius 3 is 2.43 bits per heavy atom. The summed E-state index contributed by atoms with van der Waals surface area (Å²) in [5.74, 6) is 0.807. The molecule has 1 aromatic heterocycles. The van der Waals surface area contributed by atoms with Gasteiger partial charge >= 0.3 is 0 Å². The van der Waals surface area contributed by atoms with Crippen LogP contribution in [0.5, 0.6) is 5.75 Å². The van der Waals surface area contributed by atoms with Crippen molar-refractivity contribution in [2.24, 2.45) is 4.99 Å². The van der Waals surface area contributed by atoms with Crippen molar-refractivity contribution in [2.45, 2.75) is 13.8 Å². The van der Waals surface area contributed by atoms with Gasteiger partial charge < -0.3 is 4.74 Å². The minimum Gasteiger partial charge on any atom is -0.496 e. The van der Waals surface area contributed by atoms with Gasteiger partial charge in [-0.3, -0.25) is 4.99 Å². The van der Waals surface area contributed by atoms with Crippen LogP contribution in [0.1, 0.15) is 17.0 Å². The fraction of sp³-hybridized carbons (Fsp3) is 0.158. The summed E-state index contributed by atoms with van der Waals surface area (Å²) in [6.07, 6.45) is 1.82. The second-order valence-corrected chi connectivity index (χ2v) is 5.27. The predicted octanol–water partition coefficient (Wildman–Crippen LogP) is 4.25. The molecule has 0 aliphatic rings. The molecule has 3 rings (SSSR count). The van der Waals surface area contributed by atoms with E-state index in [-0.39, 0.29) is 0 Å². The third-order valence-corrected chi connectivity index (χ3v) is 3.73. The molecule has 0 unspecified atom stereocenters. The Morgan fingerprint density at radius 1 is 1.00 bits per heavy atom. The van der Waals surface area contributed by atoms with Crippen molar-refractivity contribution in [3.8, 4) is 11.4 Å². The molecule has 0 spiro atoms. The van der Waals surface area contributed by atoms with Crippen molar-refractivity contribution < 1.29 is 4.74 Å². The minimum atomic E-state index is 0.807. The quantitative estimate of drug-likeness (QED) is 0.676. The van der Waals surface area contributed by atoms with Gasteiger partial charge in [-0.15, -0.1) is 0 Å². The second-order valence-electron chi connectivity index (χ2n) is 5.27. The molecule has 0 fully saturated rings. The number of benzene rings is 2. The van der Waals surface area contributed by atoms with Crippen LogP contribution in [0.3, 0.4) is 0 Å². The molecule has 0 atom stereocenters. The van der Waals surface area contributed by atoms with Crippen LogP contribution in [0.25, 0.3) is 5.69 Å². The zero-order valence-corrected chi connectivity index (χ0v) is 13.5. The number of ether oxygens (including phenoxy) is 1. The molecule has 0 N–H and O–H groups in total. The minimum absolute atomic E-state index is 0.807. The molecule has 3 aromatic rings. The first-order valence-electron chi connectivity index (χ1n) is 7.49. The average Bonchev–Trinajstić information content (AvgIpc) is 2.88. The zero-order valence-electron chi connectivity index (χ0n) is 13.5. The van der Waals surface area contributed by atoms with E-state index in [1.165, 1.54) is 0 Å². The van der Waals surface area contributed by atoms with E-state index in [1.54, 1.807) is 7.11 Å². The molecule has 0 radical (unpaired) electrons. The zero-order chi connectivity index (χ0) is 16.2. The number of rotatable bonds is 4. The molecular weight excluding hydrogens is 286 g/mol.